The third-order valence-corrected chi connectivity index (χ3v) is 4.46. The average Bonchev–Trinajstić information content (AvgIpc) is 2.41. The Labute approximate surface area is 124 Å². The summed E-state index contributed by atoms with van der Waals surface area (Å²) in [5, 5.41) is 15.2. The zero-order valence-electron chi connectivity index (χ0n) is 12.6. The predicted octanol–water partition coefficient (Wildman–Crippen LogP) is 1.49. The van der Waals surface area contributed by atoms with Gasteiger partial charge in [-0.15, -0.1) is 0 Å². The van der Waals surface area contributed by atoms with Crippen LogP contribution >= 0.6 is 0 Å². The van der Waals surface area contributed by atoms with E-state index in [2.05, 4.69) is 29.5 Å². The monoisotopic (exact) mass is 294 g/mol. The lowest BCUT2D eigenvalue weighted by molar-refractivity contribution is 0.0598. The van der Waals surface area contributed by atoms with Crippen molar-refractivity contribution in [1.29, 1.82) is 0 Å². The molecule has 1 aliphatic carbocycles. The fraction of sp³-hybridized carbons (Fsp3) is 0.533. The van der Waals surface area contributed by atoms with Crippen molar-refractivity contribution >= 4 is 5.84 Å². The van der Waals surface area contributed by atoms with E-state index in [-0.39, 0.29) is 11.4 Å². The fourth-order valence-electron chi connectivity index (χ4n) is 2.79. The minimum Gasteiger partial charge on any atom is -0.409 e. The first-order valence-corrected chi connectivity index (χ1v) is 7.13. The second-order valence-corrected chi connectivity index (χ2v) is 5.86. The first-order valence-electron chi connectivity index (χ1n) is 7.13. The number of amidine groups is 1. The van der Waals surface area contributed by atoms with Gasteiger partial charge in [0.05, 0.1) is 0 Å². The van der Waals surface area contributed by atoms with Crippen molar-refractivity contribution < 1.29 is 9.60 Å². The van der Waals surface area contributed by atoms with Crippen molar-refractivity contribution in [2.45, 2.75) is 31.3 Å². The molecule has 116 valence electrons. The van der Waals surface area contributed by atoms with Crippen molar-refractivity contribution in [3.63, 3.8) is 0 Å². The van der Waals surface area contributed by atoms with Crippen LogP contribution in [0.2, 0.25) is 0 Å². The van der Waals surface area contributed by atoms with E-state index in [9.17, 15) is 4.39 Å². The van der Waals surface area contributed by atoms with Crippen molar-refractivity contribution in [3.8, 4) is 0 Å². The molecule has 0 saturated heterocycles. The molecule has 21 heavy (non-hydrogen) atoms. The van der Waals surface area contributed by atoms with Crippen LogP contribution in [0.5, 0.6) is 0 Å². The largest absolute Gasteiger partial charge is 0.409 e. The van der Waals surface area contributed by atoms with Crippen molar-refractivity contribution in [2.24, 2.45) is 10.9 Å². The standard InChI is InChI=1S/C15H23FN4O/c1-20(2)15(6-3-7-15)10-18-9-11-4-5-12(16)8-13(11)14(17)19-21/h4-5,8,18,21H,3,6-7,9-10H2,1-2H3,(H2,17,19). The van der Waals surface area contributed by atoms with Gasteiger partial charge in [-0.25, -0.2) is 4.39 Å². The molecule has 0 spiro atoms. The molecule has 1 saturated carbocycles. The predicted molar refractivity (Wildman–Crippen MR) is 80.9 cm³/mol. The minimum absolute atomic E-state index is 0.0720. The summed E-state index contributed by atoms with van der Waals surface area (Å²) >= 11 is 0. The van der Waals surface area contributed by atoms with E-state index in [4.69, 9.17) is 10.9 Å². The van der Waals surface area contributed by atoms with Gasteiger partial charge in [0.25, 0.3) is 0 Å². The van der Waals surface area contributed by atoms with E-state index in [1.165, 1.54) is 31.4 Å². The van der Waals surface area contributed by atoms with E-state index in [1.807, 2.05) is 0 Å². The topological polar surface area (TPSA) is 73.9 Å². The maximum atomic E-state index is 13.3. The minimum atomic E-state index is -0.399. The number of nitrogens with two attached hydrogens (primary N) is 1. The Morgan fingerprint density at radius 3 is 2.71 bits per heavy atom. The number of halogens is 1. The van der Waals surface area contributed by atoms with Crippen LogP contribution in [0.4, 0.5) is 4.39 Å². The van der Waals surface area contributed by atoms with E-state index in [0.717, 1.165) is 12.1 Å². The number of hydrogen-bond acceptors (Lipinski definition) is 4. The molecule has 0 aliphatic heterocycles. The Kier molecular flexibility index (Phi) is 4.80. The molecule has 0 radical (unpaired) electrons. The quantitative estimate of drug-likeness (QED) is 0.322. The van der Waals surface area contributed by atoms with E-state index in [0.29, 0.717) is 12.1 Å². The SMILES string of the molecule is CN(C)C1(CNCc2ccc(F)cc2/C(N)=N/O)CCC1. The van der Waals surface area contributed by atoms with Gasteiger partial charge in [0.1, 0.15) is 5.82 Å². The van der Waals surface area contributed by atoms with Gasteiger partial charge in [0, 0.05) is 24.2 Å². The summed E-state index contributed by atoms with van der Waals surface area (Å²) in [6.07, 6.45) is 3.62. The van der Waals surface area contributed by atoms with Gasteiger partial charge >= 0.3 is 0 Å². The zero-order chi connectivity index (χ0) is 15.5. The molecule has 0 amide bonds. The lowest BCUT2D eigenvalue weighted by Gasteiger charge is -2.47. The lowest BCUT2D eigenvalue weighted by atomic mass is 9.75. The summed E-state index contributed by atoms with van der Waals surface area (Å²) in [4.78, 5) is 2.26. The third-order valence-electron chi connectivity index (χ3n) is 4.46. The fourth-order valence-corrected chi connectivity index (χ4v) is 2.79. The number of rotatable bonds is 6. The highest BCUT2D eigenvalue weighted by Gasteiger charge is 2.38. The first kappa shape index (κ1) is 15.7. The Hall–Kier alpha value is -1.66. The van der Waals surface area contributed by atoms with Crippen molar-refractivity contribution in [3.05, 3.63) is 35.1 Å². The van der Waals surface area contributed by atoms with Crippen molar-refractivity contribution in [1.82, 2.24) is 10.2 Å². The Balaban J connectivity index is 2.03. The van der Waals surface area contributed by atoms with Crippen LogP contribution in [-0.4, -0.2) is 42.1 Å². The highest BCUT2D eigenvalue weighted by molar-refractivity contribution is 5.98. The smallest absolute Gasteiger partial charge is 0.170 e. The molecule has 2 rings (SSSR count). The molecule has 1 aromatic rings. The van der Waals surface area contributed by atoms with E-state index >= 15 is 0 Å². The van der Waals surface area contributed by atoms with E-state index < -0.39 is 5.82 Å². The van der Waals surface area contributed by atoms with Crippen molar-refractivity contribution in [2.75, 3.05) is 20.6 Å². The Morgan fingerprint density at radius 1 is 1.48 bits per heavy atom. The first-order chi connectivity index (χ1) is 9.98. The highest BCUT2D eigenvalue weighted by atomic mass is 19.1. The van der Waals surface area contributed by atoms with Crippen LogP contribution in [0.25, 0.3) is 0 Å². The molecule has 1 aromatic carbocycles. The van der Waals surface area contributed by atoms with Gasteiger partial charge in [0.15, 0.2) is 5.84 Å². The van der Waals surface area contributed by atoms with Crippen LogP contribution in [0, 0.1) is 5.82 Å². The summed E-state index contributed by atoms with van der Waals surface area (Å²) in [5.41, 5.74) is 7.07. The van der Waals surface area contributed by atoms with Gasteiger partial charge in [-0.2, -0.15) is 0 Å². The van der Waals surface area contributed by atoms with Gasteiger partial charge in [-0.1, -0.05) is 11.2 Å². The third kappa shape index (κ3) is 3.33. The maximum Gasteiger partial charge on any atom is 0.170 e. The number of oxime groups is 1. The second kappa shape index (κ2) is 6.41. The van der Waals surface area contributed by atoms with Crippen LogP contribution in [0.1, 0.15) is 30.4 Å². The molecule has 0 atom stereocenters. The van der Waals surface area contributed by atoms with Gasteiger partial charge in [-0.05, 0) is 51.1 Å². The van der Waals surface area contributed by atoms with Crippen LogP contribution in [-0.2, 0) is 6.54 Å². The molecule has 5 nitrogen and oxygen atoms in total. The maximum absolute atomic E-state index is 13.3. The molecule has 0 unspecified atom stereocenters. The van der Waals surface area contributed by atoms with Crippen LogP contribution < -0.4 is 11.1 Å². The number of hydrogen-bond donors (Lipinski definition) is 3. The number of likely N-dealkylation sites (N-methyl/N-ethyl adjacent to an activating group) is 1. The molecule has 0 aromatic heterocycles. The Bertz CT molecular complexity index is 526. The summed E-state index contributed by atoms with van der Waals surface area (Å²) in [7, 11) is 4.20. The van der Waals surface area contributed by atoms with Gasteiger partial charge in [-0.3, -0.25) is 0 Å². The van der Waals surface area contributed by atoms with Crippen LogP contribution in [0.15, 0.2) is 23.4 Å². The van der Waals surface area contributed by atoms with Gasteiger partial charge < -0.3 is 21.2 Å². The number of nitrogens with zero attached hydrogens (tertiary/aromatic N) is 2. The molecule has 4 N–H and O–H groups in total. The number of benzene rings is 1. The second-order valence-electron chi connectivity index (χ2n) is 5.86. The zero-order valence-corrected chi connectivity index (χ0v) is 12.6. The summed E-state index contributed by atoms with van der Waals surface area (Å²) in [5.74, 6) is -0.471. The lowest BCUT2D eigenvalue weighted by Crippen LogP contribution is -2.56. The molecular weight excluding hydrogens is 271 g/mol. The molecule has 6 heteroatoms. The summed E-state index contributed by atoms with van der Waals surface area (Å²) in [6.45, 7) is 1.43. The van der Waals surface area contributed by atoms with Gasteiger partial charge in [0.2, 0.25) is 0 Å². The average molecular weight is 294 g/mol. The molecule has 1 aliphatic rings. The Morgan fingerprint density at radius 2 is 2.19 bits per heavy atom. The molecular formula is C15H23FN4O. The van der Waals surface area contributed by atoms with E-state index in [1.54, 1.807) is 6.07 Å². The summed E-state index contributed by atoms with van der Waals surface area (Å²) in [6, 6.07) is 4.34. The number of nitrogens with one attached hydrogen (secondary N) is 1. The highest BCUT2D eigenvalue weighted by Crippen LogP contribution is 2.35. The van der Waals surface area contributed by atoms with Crippen LogP contribution in [0.3, 0.4) is 0 Å². The molecule has 0 bridgehead atoms. The molecule has 1 fully saturated rings. The summed E-state index contributed by atoms with van der Waals surface area (Å²) < 4.78 is 13.3. The molecule has 0 heterocycles. The normalized spacial score (nSPS) is 17.8.